The minimum atomic E-state index is 0.728. The van der Waals surface area contributed by atoms with Crippen molar-refractivity contribution >= 4 is 0 Å². The Balaban J connectivity index is 2.19. The Hall–Kier alpha value is -0.820. The summed E-state index contributed by atoms with van der Waals surface area (Å²) < 4.78 is 0. The van der Waals surface area contributed by atoms with Gasteiger partial charge in [-0.3, -0.25) is 0 Å². The largest absolute Gasteiger partial charge is 0.316 e. The predicted octanol–water partition coefficient (Wildman–Crippen LogP) is 2.01. The van der Waals surface area contributed by atoms with Crippen LogP contribution >= 0.6 is 0 Å². The zero-order valence-corrected chi connectivity index (χ0v) is 7.46. The van der Waals surface area contributed by atoms with Crippen LogP contribution in [0.4, 0.5) is 0 Å². The highest BCUT2D eigenvalue weighted by Crippen LogP contribution is 2.26. The number of rotatable bonds is 1. The molecule has 1 saturated heterocycles. The van der Waals surface area contributed by atoms with Crippen molar-refractivity contribution in [1.82, 2.24) is 5.32 Å². The third-order valence-corrected chi connectivity index (χ3v) is 2.75. The van der Waals surface area contributed by atoms with Crippen molar-refractivity contribution in [3.8, 4) is 0 Å². The van der Waals surface area contributed by atoms with Crippen molar-refractivity contribution in [2.24, 2.45) is 5.92 Å². The van der Waals surface area contributed by atoms with E-state index in [9.17, 15) is 0 Å². The van der Waals surface area contributed by atoms with Gasteiger partial charge < -0.3 is 5.32 Å². The molecular weight excluding hydrogens is 146 g/mol. The van der Waals surface area contributed by atoms with Gasteiger partial charge in [0, 0.05) is 12.5 Å². The molecule has 0 aliphatic carbocycles. The van der Waals surface area contributed by atoms with E-state index in [2.05, 4.69) is 42.6 Å². The lowest BCUT2D eigenvalue weighted by atomic mass is 9.90. The summed E-state index contributed by atoms with van der Waals surface area (Å²) >= 11 is 0. The minimum Gasteiger partial charge on any atom is -0.316 e. The molecule has 1 aromatic carbocycles. The van der Waals surface area contributed by atoms with Gasteiger partial charge in [-0.15, -0.1) is 0 Å². The molecule has 1 aliphatic rings. The highest BCUT2D eigenvalue weighted by atomic mass is 14.9. The van der Waals surface area contributed by atoms with Crippen molar-refractivity contribution in [3.05, 3.63) is 35.9 Å². The van der Waals surface area contributed by atoms with Crippen molar-refractivity contribution in [3.63, 3.8) is 0 Å². The maximum absolute atomic E-state index is 3.42. The smallest absolute Gasteiger partial charge is 0.00233 e. The van der Waals surface area contributed by atoms with Gasteiger partial charge in [-0.25, -0.2) is 0 Å². The Kier molecular flexibility index (Phi) is 2.13. The highest BCUT2D eigenvalue weighted by molar-refractivity contribution is 5.21. The molecule has 64 valence electrons. The van der Waals surface area contributed by atoms with Gasteiger partial charge in [-0.1, -0.05) is 37.3 Å². The summed E-state index contributed by atoms with van der Waals surface area (Å²) in [6.07, 6.45) is 0. The number of hydrogen-bond acceptors (Lipinski definition) is 1. The molecule has 0 saturated carbocycles. The van der Waals surface area contributed by atoms with Crippen LogP contribution in [0.25, 0.3) is 0 Å². The van der Waals surface area contributed by atoms with Crippen molar-refractivity contribution < 1.29 is 0 Å². The van der Waals surface area contributed by atoms with Gasteiger partial charge in [0.05, 0.1) is 0 Å². The first kappa shape index (κ1) is 7.81. The third kappa shape index (κ3) is 1.37. The quantitative estimate of drug-likeness (QED) is 0.664. The second kappa shape index (κ2) is 3.28. The summed E-state index contributed by atoms with van der Waals surface area (Å²) in [5.41, 5.74) is 1.48. The van der Waals surface area contributed by atoms with Gasteiger partial charge in [-0.05, 0) is 18.0 Å². The first-order valence-corrected chi connectivity index (χ1v) is 4.63. The molecule has 0 bridgehead atoms. The fourth-order valence-corrected chi connectivity index (χ4v) is 1.96. The SMILES string of the molecule is CC1CNC[C@@H]1c1ccccc1. The second-order valence-electron chi connectivity index (χ2n) is 3.65. The normalized spacial score (nSPS) is 29.1. The van der Waals surface area contributed by atoms with Crippen LogP contribution in [-0.4, -0.2) is 13.1 Å². The Labute approximate surface area is 73.8 Å². The topological polar surface area (TPSA) is 12.0 Å². The Bertz CT molecular complexity index is 242. The average Bonchev–Trinajstić information content (AvgIpc) is 2.53. The number of nitrogens with one attached hydrogen (secondary N) is 1. The van der Waals surface area contributed by atoms with Crippen LogP contribution in [0.5, 0.6) is 0 Å². The number of benzene rings is 1. The molecule has 1 N–H and O–H groups in total. The van der Waals surface area contributed by atoms with Crippen molar-refractivity contribution in [2.45, 2.75) is 12.8 Å². The fourth-order valence-electron chi connectivity index (χ4n) is 1.96. The van der Waals surface area contributed by atoms with E-state index in [1.54, 1.807) is 0 Å². The van der Waals surface area contributed by atoms with Crippen LogP contribution in [0.15, 0.2) is 30.3 Å². The lowest BCUT2D eigenvalue weighted by molar-refractivity contribution is 0.572. The van der Waals surface area contributed by atoms with Gasteiger partial charge >= 0.3 is 0 Å². The molecular formula is C11H15N. The molecule has 12 heavy (non-hydrogen) atoms. The maximum atomic E-state index is 3.42. The molecule has 0 aromatic heterocycles. The molecule has 1 aliphatic heterocycles. The summed E-state index contributed by atoms with van der Waals surface area (Å²) in [5.74, 6) is 1.51. The lowest BCUT2D eigenvalue weighted by Crippen LogP contribution is -2.07. The average molecular weight is 161 g/mol. The van der Waals surface area contributed by atoms with E-state index >= 15 is 0 Å². The summed E-state index contributed by atoms with van der Waals surface area (Å²) in [7, 11) is 0. The first-order valence-electron chi connectivity index (χ1n) is 4.63. The van der Waals surface area contributed by atoms with E-state index in [4.69, 9.17) is 0 Å². The molecule has 2 atom stereocenters. The van der Waals surface area contributed by atoms with Crippen LogP contribution in [0.2, 0.25) is 0 Å². The van der Waals surface area contributed by atoms with Crippen molar-refractivity contribution in [1.29, 1.82) is 0 Å². The monoisotopic (exact) mass is 161 g/mol. The maximum Gasteiger partial charge on any atom is 0.00233 e. The zero-order valence-electron chi connectivity index (χ0n) is 7.46. The molecule has 0 radical (unpaired) electrons. The van der Waals surface area contributed by atoms with Gasteiger partial charge in [0.1, 0.15) is 0 Å². The summed E-state index contributed by atoms with van der Waals surface area (Å²) in [4.78, 5) is 0. The van der Waals surface area contributed by atoms with Crippen LogP contribution in [0, 0.1) is 5.92 Å². The summed E-state index contributed by atoms with van der Waals surface area (Å²) in [5, 5.41) is 3.42. The van der Waals surface area contributed by atoms with Crippen LogP contribution < -0.4 is 5.32 Å². The Morgan fingerprint density at radius 1 is 1.17 bits per heavy atom. The minimum absolute atomic E-state index is 0.728. The third-order valence-electron chi connectivity index (χ3n) is 2.75. The van der Waals surface area contributed by atoms with Crippen LogP contribution in [0.3, 0.4) is 0 Å². The molecule has 1 unspecified atom stereocenters. The van der Waals surface area contributed by atoms with E-state index in [1.807, 2.05) is 0 Å². The van der Waals surface area contributed by atoms with Gasteiger partial charge in [0.15, 0.2) is 0 Å². The fraction of sp³-hybridized carbons (Fsp3) is 0.455. The molecule has 1 aromatic rings. The molecule has 1 heterocycles. The molecule has 2 rings (SSSR count). The number of hydrogen-bond donors (Lipinski definition) is 1. The first-order chi connectivity index (χ1) is 5.88. The Morgan fingerprint density at radius 3 is 2.50 bits per heavy atom. The molecule has 0 amide bonds. The van der Waals surface area contributed by atoms with Gasteiger partial charge in [-0.2, -0.15) is 0 Å². The summed E-state index contributed by atoms with van der Waals surface area (Å²) in [6, 6.07) is 10.8. The standard InChI is InChI=1S/C11H15N/c1-9-7-12-8-11(9)10-5-3-2-4-6-10/h2-6,9,11-12H,7-8H2,1H3/t9?,11-/m0/s1. The van der Waals surface area contributed by atoms with E-state index in [0.29, 0.717) is 0 Å². The molecule has 0 spiro atoms. The van der Waals surface area contributed by atoms with E-state index in [0.717, 1.165) is 18.4 Å². The van der Waals surface area contributed by atoms with Crippen LogP contribution in [0.1, 0.15) is 18.4 Å². The molecule has 1 nitrogen and oxygen atoms in total. The lowest BCUT2D eigenvalue weighted by Gasteiger charge is -2.13. The summed E-state index contributed by atoms with van der Waals surface area (Å²) in [6.45, 7) is 4.63. The Morgan fingerprint density at radius 2 is 1.92 bits per heavy atom. The second-order valence-corrected chi connectivity index (χ2v) is 3.65. The van der Waals surface area contributed by atoms with E-state index in [1.165, 1.54) is 12.1 Å². The molecule has 1 heteroatoms. The van der Waals surface area contributed by atoms with E-state index < -0.39 is 0 Å². The van der Waals surface area contributed by atoms with Gasteiger partial charge in [0.25, 0.3) is 0 Å². The predicted molar refractivity (Wildman–Crippen MR) is 51.2 cm³/mol. The van der Waals surface area contributed by atoms with Crippen LogP contribution in [-0.2, 0) is 0 Å². The zero-order chi connectivity index (χ0) is 8.39. The van der Waals surface area contributed by atoms with Gasteiger partial charge in [0.2, 0.25) is 0 Å². The highest BCUT2D eigenvalue weighted by Gasteiger charge is 2.23. The molecule has 1 fully saturated rings. The van der Waals surface area contributed by atoms with Crippen molar-refractivity contribution in [2.75, 3.05) is 13.1 Å². The van der Waals surface area contributed by atoms with E-state index in [-0.39, 0.29) is 0 Å².